The van der Waals surface area contributed by atoms with Gasteiger partial charge in [0.15, 0.2) is 0 Å². The number of rotatable bonds is 7. The maximum absolute atomic E-state index is 12.2. The minimum absolute atomic E-state index is 0.116. The minimum atomic E-state index is -3.58. The van der Waals surface area contributed by atoms with Crippen LogP contribution in [0.25, 0.3) is 0 Å². The number of nitrogens with one attached hydrogen (secondary N) is 1. The number of carbonyl (C=O) groups is 2. The van der Waals surface area contributed by atoms with E-state index in [9.17, 15) is 18.0 Å². The summed E-state index contributed by atoms with van der Waals surface area (Å²) in [6.45, 7) is 1.14. The summed E-state index contributed by atoms with van der Waals surface area (Å²) in [5, 5.41) is 0. The van der Waals surface area contributed by atoms with Gasteiger partial charge in [0.2, 0.25) is 21.8 Å². The fourth-order valence-corrected chi connectivity index (χ4v) is 3.40. The number of hydrogen-bond donors (Lipinski definition) is 1. The van der Waals surface area contributed by atoms with Gasteiger partial charge in [0, 0.05) is 19.4 Å². The molecule has 1 aromatic rings. The van der Waals surface area contributed by atoms with Crippen LogP contribution in [-0.4, -0.2) is 52.3 Å². The van der Waals surface area contributed by atoms with Crippen LogP contribution < -0.4 is 9.62 Å². The normalized spacial score (nSPS) is 15.7. The Bertz CT molecular complexity index is 667. The first kappa shape index (κ1) is 17.6. The van der Waals surface area contributed by atoms with E-state index in [0.717, 1.165) is 11.4 Å². The van der Waals surface area contributed by atoms with E-state index in [2.05, 4.69) is 4.72 Å². The largest absolute Gasteiger partial charge is 0.309 e. The molecule has 0 aliphatic carbocycles. The van der Waals surface area contributed by atoms with Gasteiger partial charge in [-0.15, -0.1) is 0 Å². The highest BCUT2D eigenvalue weighted by molar-refractivity contribution is 7.89. The summed E-state index contributed by atoms with van der Waals surface area (Å²) < 4.78 is 26.9. The first-order valence-electron chi connectivity index (χ1n) is 7.41. The van der Waals surface area contributed by atoms with Crippen molar-refractivity contribution in [3.63, 3.8) is 0 Å². The summed E-state index contributed by atoms with van der Waals surface area (Å²) in [7, 11) is 0.267. The molecular weight excluding hydrogens is 318 g/mol. The molecule has 0 radical (unpaired) electrons. The number of benzene rings is 1. The molecule has 2 rings (SSSR count). The van der Waals surface area contributed by atoms with E-state index in [1.54, 1.807) is 0 Å². The van der Waals surface area contributed by atoms with Gasteiger partial charge in [-0.3, -0.25) is 14.5 Å². The third-order valence-electron chi connectivity index (χ3n) is 3.53. The predicted molar refractivity (Wildman–Crippen MR) is 86.5 cm³/mol. The Morgan fingerprint density at radius 1 is 1.09 bits per heavy atom. The fourth-order valence-electron chi connectivity index (χ4n) is 2.32. The lowest BCUT2D eigenvalue weighted by Gasteiger charge is -2.14. The van der Waals surface area contributed by atoms with E-state index in [0.29, 0.717) is 18.7 Å². The van der Waals surface area contributed by atoms with Crippen LogP contribution in [0.2, 0.25) is 0 Å². The molecule has 2 amide bonds. The van der Waals surface area contributed by atoms with Gasteiger partial charge in [-0.25, -0.2) is 13.1 Å². The molecule has 0 spiro atoms. The van der Waals surface area contributed by atoms with Gasteiger partial charge >= 0.3 is 0 Å². The summed E-state index contributed by atoms with van der Waals surface area (Å²) in [6.07, 6.45) is 1.11. The van der Waals surface area contributed by atoms with Gasteiger partial charge in [-0.2, -0.15) is 0 Å². The molecule has 8 heteroatoms. The van der Waals surface area contributed by atoms with Crippen LogP contribution in [0.15, 0.2) is 29.2 Å². The van der Waals surface area contributed by atoms with Crippen molar-refractivity contribution in [3.05, 3.63) is 24.3 Å². The lowest BCUT2D eigenvalue weighted by Crippen LogP contribution is -2.29. The molecule has 0 atom stereocenters. The quantitative estimate of drug-likeness (QED) is 0.580. The fraction of sp³-hybridized carbons (Fsp3) is 0.467. The summed E-state index contributed by atoms with van der Waals surface area (Å²) in [6, 6.07) is 5.77. The molecule has 1 aliphatic rings. The number of imide groups is 1. The van der Waals surface area contributed by atoms with Crippen LogP contribution in [-0.2, 0) is 19.6 Å². The number of anilines is 1. The monoisotopic (exact) mass is 339 g/mol. The van der Waals surface area contributed by atoms with Crippen LogP contribution >= 0.6 is 0 Å². The Labute approximate surface area is 136 Å². The minimum Gasteiger partial charge on any atom is -0.309 e. The number of amides is 2. The zero-order valence-electron chi connectivity index (χ0n) is 13.3. The first-order chi connectivity index (χ1) is 10.8. The molecule has 23 heavy (non-hydrogen) atoms. The zero-order valence-corrected chi connectivity index (χ0v) is 14.1. The molecule has 1 N–H and O–H groups in total. The highest BCUT2D eigenvalue weighted by Crippen LogP contribution is 2.23. The molecule has 1 fully saturated rings. The van der Waals surface area contributed by atoms with E-state index in [-0.39, 0.29) is 29.6 Å². The van der Waals surface area contributed by atoms with Crippen molar-refractivity contribution in [1.82, 2.24) is 9.62 Å². The van der Waals surface area contributed by atoms with E-state index < -0.39 is 10.0 Å². The second-order valence-corrected chi connectivity index (χ2v) is 7.44. The molecule has 1 aliphatic heterocycles. The summed E-state index contributed by atoms with van der Waals surface area (Å²) in [4.78, 5) is 26.5. The van der Waals surface area contributed by atoms with E-state index in [1.807, 2.05) is 19.0 Å². The smallest absolute Gasteiger partial charge is 0.240 e. The van der Waals surface area contributed by atoms with Gasteiger partial charge in [0.1, 0.15) is 0 Å². The summed E-state index contributed by atoms with van der Waals surface area (Å²) in [5.74, 6) is -0.514. The molecule has 0 aromatic heterocycles. The topological polar surface area (TPSA) is 86.8 Å². The van der Waals surface area contributed by atoms with Crippen LogP contribution in [0.5, 0.6) is 0 Å². The highest BCUT2D eigenvalue weighted by atomic mass is 32.2. The average molecular weight is 339 g/mol. The maximum atomic E-state index is 12.2. The van der Waals surface area contributed by atoms with Gasteiger partial charge in [-0.05, 0) is 51.3 Å². The van der Waals surface area contributed by atoms with Crippen molar-refractivity contribution in [2.24, 2.45) is 0 Å². The lowest BCUT2D eigenvalue weighted by molar-refractivity contribution is -0.121. The second kappa shape index (κ2) is 7.20. The molecule has 126 valence electrons. The van der Waals surface area contributed by atoms with Crippen LogP contribution in [0.3, 0.4) is 0 Å². The molecule has 1 aromatic carbocycles. The van der Waals surface area contributed by atoms with Gasteiger partial charge in [-0.1, -0.05) is 0 Å². The average Bonchev–Trinajstić information content (AvgIpc) is 2.83. The van der Waals surface area contributed by atoms with Gasteiger partial charge in [0.05, 0.1) is 10.6 Å². The Hall–Kier alpha value is -1.77. The van der Waals surface area contributed by atoms with E-state index >= 15 is 0 Å². The maximum Gasteiger partial charge on any atom is 0.240 e. The van der Waals surface area contributed by atoms with Crippen LogP contribution in [0, 0.1) is 0 Å². The number of nitrogens with zero attached hydrogens (tertiary/aromatic N) is 2. The number of hydrogen-bond acceptors (Lipinski definition) is 5. The number of carbonyl (C=O) groups excluding carboxylic acids is 2. The predicted octanol–water partition coefficient (Wildman–Crippen LogP) is 0.570. The van der Waals surface area contributed by atoms with E-state index in [4.69, 9.17) is 0 Å². The molecular formula is C15H21N3O4S. The Morgan fingerprint density at radius 3 is 2.17 bits per heavy atom. The lowest BCUT2D eigenvalue weighted by atomic mass is 10.3. The van der Waals surface area contributed by atoms with Crippen molar-refractivity contribution < 1.29 is 18.0 Å². The van der Waals surface area contributed by atoms with E-state index in [1.165, 1.54) is 24.3 Å². The number of sulfonamides is 1. The third kappa shape index (κ3) is 4.37. The van der Waals surface area contributed by atoms with Gasteiger partial charge in [0.25, 0.3) is 0 Å². The van der Waals surface area contributed by atoms with Crippen LogP contribution in [0.1, 0.15) is 19.3 Å². The first-order valence-corrected chi connectivity index (χ1v) is 8.90. The zero-order chi connectivity index (χ0) is 17.0. The Morgan fingerprint density at radius 2 is 1.65 bits per heavy atom. The van der Waals surface area contributed by atoms with Gasteiger partial charge < -0.3 is 4.90 Å². The van der Waals surface area contributed by atoms with Crippen molar-refractivity contribution in [3.8, 4) is 0 Å². The Balaban J connectivity index is 2.03. The molecule has 0 bridgehead atoms. The van der Waals surface area contributed by atoms with Crippen LogP contribution in [0.4, 0.5) is 5.69 Å². The molecule has 1 saturated heterocycles. The molecule has 0 saturated carbocycles. The molecule has 0 unspecified atom stereocenters. The summed E-state index contributed by atoms with van der Waals surface area (Å²) in [5.41, 5.74) is 0.407. The standard InChI is InChI=1S/C15H21N3O4S/c1-17(2)11-3-10-16-23(21,22)13-6-4-12(5-7-13)18-14(19)8-9-15(18)20/h4-7,16H,3,8-11H2,1-2H3. The third-order valence-corrected chi connectivity index (χ3v) is 5.01. The SMILES string of the molecule is CN(C)CCCNS(=O)(=O)c1ccc(N2C(=O)CCC2=O)cc1. The van der Waals surface area contributed by atoms with Crippen molar-refractivity contribution in [2.45, 2.75) is 24.2 Å². The van der Waals surface area contributed by atoms with Crippen molar-refractivity contribution >= 4 is 27.5 Å². The summed E-state index contributed by atoms with van der Waals surface area (Å²) >= 11 is 0. The van der Waals surface area contributed by atoms with Crippen molar-refractivity contribution in [2.75, 3.05) is 32.1 Å². The molecule has 1 heterocycles. The van der Waals surface area contributed by atoms with Crippen molar-refractivity contribution in [1.29, 1.82) is 0 Å². The molecule has 7 nitrogen and oxygen atoms in total. The highest BCUT2D eigenvalue weighted by Gasteiger charge is 2.30. The second-order valence-electron chi connectivity index (χ2n) is 5.67. The Kier molecular flexibility index (Phi) is 5.51.